The molecule has 2 aliphatic heterocycles. The number of nitrogens with one attached hydrogen (secondary N) is 2. The summed E-state index contributed by atoms with van der Waals surface area (Å²) in [6.45, 7) is 4.80. The molecule has 0 spiro atoms. The second-order valence-corrected chi connectivity index (χ2v) is 8.45. The summed E-state index contributed by atoms with van der Waals surface area (Å²) in [5.74, 6) is -0.732. The van der Waals surface area contributed by atoms with Gasteiger partial charge in [-0.2, -0.15) is 0 Å². The molecule has 2 aliphatic rings. The molecule has 174 valence electrons. The van der Waals surface area contributed by atoms with Crippen LogP contribution in [0.1, 0.15) is 50.0 Å². The maximum absolute atomic E-state index is 12.7. The fraction of sp³-hybridized carbons (Fsp3) is 0.714. The van der Waals surface area contributed by atoms with Gasteiger partial charge in [0.1, 0.15) is 11.8 Å². The smallest absolute Gasteiger partial charge is 0.326 e. The Kier molecular flexibility index (Phi) is 9.77. The molecule has 31 heavy (non-hydrogen) atoms. The Morgan fingerprint density at radius 1 is 1.32 bits per heavy atom. The molecule has 2 amide bonds. The number of carboxylic acid groups (broad SMARTS) is 1. The van der Waals surface area contributed by atoms with E-state index in [1.807, 2.05) is 0 Å². The summed E-state index contributed by atoms with van der Waals surface area (Å²) in [6.07, 6.45) is 5.06. The summed E-state index contributed by atoms with van der Waals surface area (Å²) in [4.78, 5) is 38.7. The highest BCUT2D eigenvalue weighted by molar-refractivity contribution is 5.86. The second-order valence-electron chi connectivity index (χ2n) is 8.45. The molecular weight excluding hydrogens is 424 g/mol. The number of hydrogen-bond donors (Lipinski definition) is 3. The third-order valence-electron chi connectivity index (χ3n) is 6.07. The summed E-state index contributed by atoms with van der Waals surface area (Å²) >= 11 is 0. The van der Waals surface area contributed by atoms with E-state index in [1.54, 1.807) is 17.9 Å². The first-order valence-electron chi connectivity index (χ1n) is 10.9. The van der Waals surface area contributed by atoms with E-state index in [4.69, 9.17) is 4.52 Å². The van der Waals surface area contributed by atoms with Crippen LogP contribution in [0.5, 0.6) is 0 Å². The maximum atomic E-state index is 12.7. The van der Waals surface area contributed by atoms with E-state index in [1.165, 1.54) is 0 Å². The number of likely N-dealkylation sites (tertiary alicyclic amines) is 1. The quantitative estimate of drug-likeness (QED) is 0.541. The molecule has 0 radical (unpaired) electrons. The van der Waals surface area contributed by atoms with E-state index in [0.29, 0.717) is 43.3 Å². The minimum atomic E-state index is -1.12. The van der Waals surface area contributed by atoms with Gasteiger partial charge in [0.05, 0.1) is 11.6 Å². The summed E-state index contributed by atoms with van der Waals surface area (Å²) in [6, 6.07) is 0.571. The van der Waals surface area contributed by atoms with Crippen molar-refractivity contribution < 1.29 is 24.0 Å². The van der Waals surface area contributed by atoms with Crippen LogP contribution in [-0.2, 0) is 20.8 Å². The summed E-state index contributed by atoms with van der Waals surface area (Å²) < 4.78 is 5.08. The Morgan fingerprint density at radius 3 is 2.71 bits per heavy atom. The topological polar surface area (TPSA) is 125 Å². The van der Waals surface area contributed by atoms with Crippen LogP contribution >= 0.6 is 12.4 Å². The molecule has 0 bridgehead atoms. The van der Waals surface area contributed by atoms with Crippen LogP contribution in [0.25, 0.3) is 0 Å². The van der Waals surface area contributed by atoms with E-state index in [0.717, 1.165) is 38.8 Å². The SMILES string of the molecule is Cc1cc(C[C@H](NC(=O)[C@@H]2CCCN(C(=O)CCC3CCNCC3)C2)C(=O)O)on1.Cl. The second kappa shape index (κ2) is 12.0. The largest absolute Gasteiger partial charge is 0.480 e. The molecule has 3 N–H and O–H groups in total. The number of aliphatic carboxylic acids is 1. The van der Waals surface area contributed by atoms with Crippen molar-refractivity contribution in [2.45, 2.75) is 57.9 Å². The van der Waals surface area contributed by atoms with Crippen molar-refractivity contribution in [2.24, 2.45) is 11.8 Å². The van der Waals surface area contributed by atoms with Gasteiger partial charge in [0.2, 0.25) is 11.8 Å². The maximum Gasteiger partial charge on any atom is 0.326 e. The Bertz CT molecular complexity index is 750. The minimum absolute atomic E-state index is 0. The summed E-state index contributed by atoms with van der Waals surface area (Å²) in [5.41, 5.74) is 0.659. The van der Waals surface area contributed by atoms with E-state index < -0.39 is 12.0 Å². The van der Waals surface area contributed by atoms with Crippen molar-refractivity contribution in [3.05, 3.63) is 17.5 Å². The van der Waals surface area contributed by atoms with Crippen molar-refractivity contribution in [1.29, 1.82) is 0 Å². The molecule has 10 heteroatoms. The highest BCUT2D eigenvalue weighted by atomic mass is 35.5. The lowest BCUT2D eigenvalue weighted by atomic mass is 9.92. The predicted molar refractivity (Wildman–Crippen MR) is 116 cm³/mol. The Hall–Kier alpha value is -2.13. The van der Waals surface area contributed by atoms with Crippen LogP contribution in [0.2, 0.25) is 0 Å². The number of piperidine rings is 2. The minimum Gasteiger partial charge on any atom is -0.480 e. The monoisotopic (exact) mass is 456 g/mol. The van der Waals surface area contributed by atoms with Crippen molar-refractivity contribution in [1.82, 2.24) is 20.7 Å². The van der Waals surface area contributed by atoms with Gasteiger partial charge in [-0.15, -0.1) is 12.4 Å². The van der Waals surface area contributed by atoms with Gasteiger partial charge in [0, 0.05) is 32.0 Å². The van der Waals surface area contributed by atoms with Crippen LogP contribution in [-0.4, -0.2) is 65.2 Å². The molecule has 9 nitrogen and oxygen atoms in total. The molecule has 3 heterocycles. The third-order valence-corrected chi connectivity index (χ3v) is 6.07. The van der Waals surface area contributed by atoms with E-state index in [2.05, 4.69) is 15.8 Å². The van der Waals surface area contributed by atoms with Crippen LogP contribution in [0, 0.1) is 18.8 Å². The molecule has 1 aromatic heterocycles. The van der Waals surface area contributed by atoms with Crippen molar-refractivity contribution in [3.8, 4) is 0 Å². The average molecular weight is 457 g/mol. The highest BCUT2D eigenvalue weighted by Gasteiger charge is 2.31. The van der Waals surface area contributed by atoms with Gasteiger partial charge in [-0.3, -0.25) is 9.59 Å². The number of carbonyl (C=O) groups is 3. The molecule has 2 saturated heterocycles. The molecule has 0 aromatic carbocycles. The number of nitrogens with zero attached hydrogens (tertiary/aromatic N) is 2. The fourth-order valence-corrected chi connectivity index (χ4v) is 4.28. The number of carbonyl (C=O) groups excluding carboxylic acids is 2. The molecule has 2 atom stereocenters. The zero-order valence-electron chi connectivity index (χ0n) is 18.0. The lowest BCUT2D eigenvalue weighted by Crippen LogP contribution is -2.50. The summed E-state index contributed by atoms with van der Waals surface area (Å²) in [7, 11) is 0. The molecular formula is C21H33ClN4O5. The normalized spacial score (nSPS) is 20.5. The molecule has 2 fully saturated rings. The Labute approximate surface area is 188 Å². The molecule has 0 unspecified atom stereocenters. The fourth-order valence-electron chi connectivity index (χ4n) is 4.28. The zero-order chi connectivity index (χ0) is 21.5. The molecule has 1 aromatic rings. The van der Waals surface area contributed by atoms with E-state index >= 15 is 0 Å². The van der Waals surface area contributed by atoms with Gasteiger partial charge in [-0.1, -0.05) is 5.16 Å². The number of aromatic nitrogens is 1. The van der Waals surface area contributed by atoms with E-state index in [-0.39, 0.29) is 36.6 Å². The number of amides is 2. The number of halogens is 1. The average Bonchev–Trinajstić information content (AvgIpc) is 3.17. The van der Waals surface area contributed by atoms with Crippen molar-refractivity contribution in [2.75, 3.05) is 26.2 Å². The number of hydrogen-bond acceptors (Lipinski definition) is 6. The van der Waals surface area contributed by atoms with Gasteiger partial charge in [0.25, 0.3) is 0 Å². The van der Waals surface area contributed by atoms with Gasteiger partial charge in [0.15, 0.2) is 0 Å². The van der Waals surface area contributed by atoms with Crippen LogP contribution < -0.4 is 10.6 Å². The van der Waals surface area contributed by atoms with Gasteiger partial charge < -0.3 is 25.2 Å². The Balaban J connectivity index is 0.00000341. The first-order chi connectivity index (χ1) is 14.4. The predicted octanol–water partition coefficient (Wildman–Crippen LogP) is 1.54. The number of aryl methyl sites for hydroxylation is 1. The molecule has 0 saturated carbocycles. The van der Waals surface area contributed by atoms with Crippen molar-refractivity contribution in [3.63, 3.8) is 0 Å². The van der Waals surface area contributed by atoms with E-state index in [9.17, 15) is 19.5 Å². The first-order valence-corrected chi connectivity index (χ1v) is 10.9. The van der Waals surface area contributed by atoms with Crippen LogP contribution in [0.3, 0.4) is 0 Å². The number of carboxylic acids is 1. The van der Waals surface area contributed by atoms with Gasteiger partial charge >= 0.3 is 5.97 Å². The lowest BCUT2D eigenvalue weighted by Gasteiger charge is -2.33. The summed E-state index contributed by atoms with van der Waals surface area (Å²) in [5, 5.41) is 19.2. The highest BCUT2D eigenvalue weighted by Crippen LogP contribution is 2.22. The lowest BCUT2D eigenvalue weighted by molar-refractivity contribution is -0.144. The standard InChI is InChI=1S/C21H32N4O5.ClH/c1-14-11-17(30-24-14)12-18(21(28)29)23-20(27)16-3-2-10-25(13-16)19(26)5-4-15-6-8-22-9-7-15;/h11,15-16,18,22H,2-10,12-13H2,1H3,(H,23,27)(H,28,29);1H/t16-,18+;/m1./s1. The number of rotatable bonds is 8. The van der Waals surface area contributed by atoms with Crippen molar-refractivity contribution >= 4 is 30.2 Å². The third kappa shape index (κ3) is 7.50. The van der Waals surface area contributed by atoms with Gasteiger partial charge in [-0.25, -0.2) is 4.79 Å². The van der Waals surface area contributed by atoms with Crippen LogP contribution in [0.4, 0.5) is 0 Å². The van der Waals surface area contributed by atoms with Gasteiger partial charge in [-0.05, 0) is 58.0 Å². The zero-order valence-corrected chi connectivity index (χ0v) is 18.8. The Morgan fingerprint density at radius 2 is 2.06 bits per heavy atom. The first kappa shape index (κ1) is 25.1. The van der Waals surface area contributed by atoms with Crippen LogP contribution in [0.15, 0.2) is 10.6 Å². The molecule has 3 rings (SSSR count). The molecule has 0 aliphatic carbocycles.